The highest BCUT2D eigenvalue weighted by Gasteiger charge is 2.23. The van der Waals surface area contributed by atoms with E-state index in [0.717, 1.165) is 23.4 Å². The summed E-state index contributed by atoms with van der Waals surface area (Å²) in [5, 5.41) is 7.50. The molecule has 1 amide bonds. The van der Waals surface area contributed by atoms with Crippen molar-refractivity contribution in [3.05, 3.63) is 70.1 Å². The summed E-state index contributed by atoms with van der Waals surface area (Å²) in [4.78, 5) is 29.1. The number of fused-ring (bicyclic) bond motifs is 1. The van der Waals surface area contributed by atoms with E-state index in [9.17, 15) is 9.59 Å². The fraction of sp³-hybridized carbons (Fsp3) is 0.368. The number of carbonyl (C=O) groups is 1. The van der Waals surface area contributed by atoms with Gasteiger partial charge in [0.05, 0.1) is 12.8 Å². The van der Waals surface area contributed by atoms with E-state index in [1.54, 1.807) is 23.0 Å². The second-order valence-corrected chi connectivity index (χ2v) is 6.80. The first-order chi connectivity index (χ1) is 13.1. The van der Waals surface area contributed by atoms with E-state index < -0.39 is 0 Å². The summed E-state index contributed by atoms with van der Waals surface area (Å²) in [5.41, 5.74) is 1.63. The molecule has 0 fully saturated rings. The molecule has 4 rings (SSSR count). The maximum Gasteiger partial charge on any atom is 0.346 e. The lowest BCUT2D eigenvalue weighted by Gasteiger charge is -2.15. The van der Waals surface area contributed by atoms with Gasteiger partial charge in [0.2, 0.25) is 0 Å². The molecule has 0 aromatic carbocycles. The molecule has 0 spiro atoms. The molecular formula is C19H21N5O3. The largest absolute Gasteiger partial charge is 0.459 e. The van der Waals surface area contributed by atoms with Crippen LogP contribution >= 0.6 is 0 Å². The van der Waals surface area contributed by atoms with Crippen LogP contribution in [0.3, 0.4) is 0 Å². The summed E-state index contributed by atoms with van der Waals surface area (Å²) >= 11 is 0. The van der Waals surface area contributed by atoms with E-state index in [1.807, 2.05) is 19.1 Å². The van der Waals surface area contributed by atoms with Crippen LogP contribution in [0.1, 0.15) is 40.3 Å². The number of carbonyl (C=O) groups excluding carboxylic acids is 1. The topological polar surface area (TPSA) is 95.0 Å². The molecule has 3 aromatic heterocycles. The van der Waals surface area contributed by atoms with E-state index in [2.05, 4.69) is 15.4 Å². The Labute approximate surface area is 155 Å². The van der Waals surface area contributed by atoms with Crippen molar-refractivity contribution in [2.75, 3.05) is 0 Å². The van der Waals surface area contributed by atoms with Crippen LogP contribution in [0.15, 0.2) is 46.1 Å². The molecule has 3 aromatic rings. The number of furan rings is 1. The lowest BCUT2D eigenvalue weighted by atomic mass is 10.1. The fourth-order valence-electron chi connectivity index (χ4n) is 3.40. The van der Waals surface area contributed by atoms with Crippen LogP contribution in [0.5, 0.6) is 0 Å². The Kier molecular flexibility index (Phi) is 4.62. The van der Waals surface area contributed by atoms with Crippen LogP contribution in [0.2, 0.25) is 0 Å². The molecule has 1 aliphatic heterocycles. The third-order valence-electron chi connectivity index (χ3n) is 4.88. The standard InChI is InChI=1S/C19H21N5O3/c1-13-7-10-27-17(13)18(25)21-15-4-5-16-22-24(19(26)23(16)9-6-15)12-14-3-2-8-20-11-14/h2-3,7-8,10-11,15H,4-6,9,12H2,1H3,(H,21,25). The molecule has 4 heterocycles. The normalized spacial score (nSPS) is 16.6. The Morgan fingerprint density at radius 2 is 2.26 bits per heavy atom. The quantitative estimate of drug-likeness (QED) is 0.754. The van der Waals surface area contributed by atoms with Crippen molar-refractivity contribution in [3.63, 3.8) is 0 Å². The zero-order valence-corrected chi connectivity index (χ0v) is 15.1. The summed E-state index contributed by atoms with van der Waals surface area (Å²) < 4.78 is 8.44. The Balaban J connectivity index is 1.44. The van der Waals surface area contributed by atoms with Crippen LogP contribution in [0.25, 0.3) is 0 Å². The van der Waals surface area contributed by atoms with Crippen LogP contribution in [0, 0.1) is 6.92 Å². The van der Waals surface area contributed by atoms with Gasteiger partial charge in [0.1, 0.15) is 5.82 Å². The average Bonchev–Trinajstić information content (AvgIpc) is 3.15. The molecule has 0 saturated carbocycles. The van der Waals surface area contributed by atoms with Gasteiger partial charge in [0.25, 0.3) is 5.91 Å². The first-order valence-corrected chi connectivity index (χ1v) is 9.02. The molecule has 0 bridgehead atoms. The molecule has 1 N–H and O–H groups in total. The average molecular weight is 367 g/mol. The highest BCUT2D eigenvalue weighted by Crippen LogP contribution is 2.14. The van der Waals surface area contributed by atoms with E-state index in [4.69, 9.17) is 4.42 Å². The van der Waals surface area contributed by atoms with Gasteiger partial charge >= 0.3 is 5.69 Å². The van der Waals surface area contributed by atoms with Crippen LogP contribution < -0.4 is 11.0 Å². The molecule has 1 unspecified atom stereocenters. The third kappa shape index (κ3) is 3.55. The highest BCUT2D eigenvalue weighted by atomic mass is 16.3. The molecule has 0 radical (unpaired) electrons. The molecule has 27 heavy (non-hydrogen) atoms. The zero-order chi connectivity index (χ0) is 18.8. The summed E-state index contributed by atoms with van der Waals surface area (Å²) in [6, 6.07) is 5.51. The van der Waals surface area contributed by atoms with Gasteiger partial charge in [-0.25, -0.2) is 9.48 Å². The predicted molar refractivity (Wildman–Crippen MR) is 97.5 cm³/mol. The highest BCUT2D eigenvalue weighted by molar-refractivity contribution is 5.92. The summed E-state index contributed by atoms with van der Waals surface area (Å²) in [7, 11) is 0. The predicted octanol–water partition coefficient (Wildman–Crippen LogP) is 1.52. The van der Waals surface area contributed by atoms with E-state index in [0.29, 0.717) is 31.7 Å². The molecule has 8 heteroatoms. The monoisotopic (exact) mass is 367 g/mol. The minimum Gasteiger partial charge on any atom is -0.459 e. The van der Waals surface area contributed by atoms with Crippen molar-refractivity contribution in [2.24, 2.45) is 0 Å². The third-order valence-corrected chi connectivity index (χ3v) is 4.88. The maximum absolute atomic E-state index is 12.7. The van der Waals surface area contributed by atoms with Crippen molar-refractivity contribution in [2.45, 2.75) is 45.3 Å². The van der Waals surface area contributed by atoms with Gasteiger partial charge in [0, 0.05) is 37.0 Å². The van der Waals surface area contributed by atoms with Gasteiger partial charge < -0.3 is 9.73 Å². The molecular weight excluding hydrogens is 346 g/mol. The van der Waals surface area contributed by atoms with E-state index in [1.165, 1.54) is 10.9 Å². The van der Waals surface area contributed by atoms with Gasteiger partial charge in [-0.1, -0.05) is 6.07 Å². The van der Waals surface area contributed by atoms with Crippen molar-refractivity contribution < 1.29 is 9.21 Å². The van der Waals surface area contributed by atoms with Gasteiger partial charge in [0.15, 0.2) is 5.76 Å². The van der Waals surface area contributed by atoms with E-state index >= 15 is 0 Å². The number of aromatic nitrogens is 4. The van der Waals surface area contributed by atoms with Crippen molar-refractivity contribution in [3.8, 4) is 0 Å². The second-order valence-electron chi connectivity index (χ2n) is 6.80. The van der Waals surface area contributed by atoms with Gasteiger partial charge in [-0.3, -0.25) is 14.3 Å². The zero-order valence-electron chi connectivity index (χ0n) is 15.1. The maximum atomic E-state index is 12.7. The number of nitrogens with one attached hydrogen (secondary N) is 1. The summed E-state index contributed by atoms with van der Waals surface area (Å²) in [5.74, 6) is 0.890. The minimum atomic E-state index is -0.212. The number of amides is 1. The lowest BCUT2D eigenvalue weighted by Crippen LogP contribution is -2.36. The van der Waals surface area contributed by atoms with Crippen LogP contribution in [0.4, 0.5) is 0 Å². The first-order valence-electron chi connectivity index (χ1n) is 9.02. The number of hydrogen-bond donors (Lipinski definition) is 1. The molecule has 1 atom stereocenters. The SMILES string of the molecule is Cc1ccoc1C(=O)NC1CCc2nn(Cc3cccnc3)c(=O)n2CC1. The summed E-state index contributed by atoms with van der Waals surface area (Å²) in [6.45, 7) is 2.78. The smallest absolute Gasteiger partial charge is 0.346 e. The number of hydrogen-bond acceptors (Lipinski definition) is 5. The molecule has 8 nitrogen and oxygen atoms in total. The Morgan fingerprint density at radius 3 is 3.00 bits per heavy atom. The van der Waals surface area contributed by atoms with Gasteiger partial charge in [-0.2, -0.15) is 5.10 Å². The number of aryl methyl sites for hydroxylation is 2. The minimum absolute atomic E-state index is 0.0186. The molecule has 0 aliphatic carbocycles. The van der Waals surface area contributed by atoms with Crippen LogP contribution in [-0.4, -0.2) is 31.3 Å². The lowest BCUT2D eigenvalue weighted by molar-refractivity contribution is 0.0904. The Morgan fingerprint density at radius 1 is 1.37 bits per heavy atom. The first kappa shape index (κ1) is 17.3. The summed E-state index contributed by atoms with van der Waals surface area (Å²) in [6.07, 6.45) is 6.99. The number of pyridine rings is 1. The molecule has 1 aliphatic rings. The number of nitrogens with zero attached hydrogens (tertiary/aromatic N) is 4. The number of rotatable bonds is 4. The second kappa shape index (κ2) is 7.22. The van der Waals surface area contributed by atoms with E-state index in [-0.39, 0.29) is 17.6 Å². The Bertz CT molecular complexity index is 1000. The van der Waals surface area contributed by atoms with Crippen molar-refractivity contribution in [1.82, 2.24) is 24.6 Å². The van der Waals surface area contributed by atoms with Crippen LogP contribution in [-0.2, 0) is 19.5 Å². The molecule has 140 valence electrons. The van der Waals surface area contributed by atoms with Gasteiger partial charge in [-0.05, 0) is 37.5 Å². The van der Waals surface area contributed by atoms with Gasteiger partial charge in [-0.15, -0.1) is 0 Å². The van der Waals surface area contributed by atoms with Crippen molar-refractivity contribution >= 4 is 5.91 Å². The van der Waals surface area contributed by atoms with Crippen molar-refractivity contribution in [1.29, 1.82) is 0 Å². The Hall–Kier alpha value is -3.16. The molecule has 0 saturated heterocycles. The fourth-order valence-corrected chi connectivity index (χ4v) is 3.40.